The molecule has 4 rings (SSSR count). The average molecular weight is 326 g/mol. The number of aromatic nitrogens is 3. The third-order valence-corrected chi connectivity index (χ3v) is 5.64. The summed E-state index contributed by atoms with van der Waals surface area (Å²) in [4.78, 5) is 24.6. The number of hydrogen-bond donors (Lipinski definition) is 2. The van der Waals surface area contributed by atoms with E-state index in [9.17, 15) is 4.79 Å². The van der Waals surface area contributed by atoms with Crippen LogP contribution in [0, 0.1) is 5.41 Å². The van der Waals surface area contributed by atoms with E-state index < -0.39 is 0 Å². The Morgan fingerprint density at radius 1 is 1.30 bits per heavy atom. The lowest BCUT2D eigenvalue weighted by molar-refractivity contribution is -0.125. The van der Waals surface area contributed by atoms with E-state index in [4.69, 9.17) is 4.98 Å². The number of amides is 1. The number of nitrogens with zero attached hydrogens (tertiary/aromatic N) is 2. The number of H-pyrrole nitrogens is 1. The van der Waals surface area contributed by atoms with E-state index in [0.717, 1.165) is 36.2 Å². The van der Waals surface area contributed by atoms with Crippen molar-refractivity contribution in [2.75, 3.05) is 5.32 Å². The zero-order valence-electron chi connectivity index (χ0n) is 12.7. The second kappa shape index (κ2) is 5.77. The minimum Gasteiger partial charge on any atom is -0.331 e. The van der Waals surface area contributed by atoms with Crippen LogP contribution in [0.15, 0.2) is 36.7 Å². The van der Waals surface area contributed by atoms with Gasteiger partial charge in [0.1, 0.15) is 0 Å². The van der Waals surface area contributed by atoms with Crippen molar-refractivity contribution in [2.24, 2.45) is 5.41 Å². The highest BCUT2D eigenvalue weighted by molar-refractivity contribution is 7.18. The van der Waals surface area contributed by atoms with Crippen molar-refractivity contribution in [3.8, 4) is 0 Å². The van der Waals surface area contributed by atoms with Gasteiger partial charge in [-0.25, -0.2) is 9.97 Å². The van der Waals surface area contributed by atoms with Crippen molar-refractivity contribution >= 4 is 33.4 Å². The first kappa shape index (κ1) is 14.4. The number of thiazole rings is 1. The summed E-state index contributed by atoms with van der Waals surface area (Å²) in [5, 5.41) is 3.97. The molecule has 0 spiro atoms. The molecule has 2 aromatic heterocycles. The first-order valence-corrected chi connectivity index (χ1v) is 8.72. The largest absolute Gasteiger partial charge is 0.331 e. The maximum atomic E-state index is 12.9. The number of carbonyl (C=O) groups is 1. The van der Waals surface area contributed by atoms with Crippen LogP contribution in [-0.2, 0) is 11.2 Å². The predicted octanol–water partition coefficient (Wildman–Crippen LogP) is 3.76. The quantitative estimate of drug-likeness (QED) is 0.767. The molecule has 1 aromatic carbocycles. The van der Waals surface area contributed by atoms with E-state index in [1.54, 1.807) is 23.7 Å². The molecular formula is C17H18N4OS. The lowest BCUT2D eigenvalue weighted by Gasteiger charge is -2.26. The molecule has 0 unspecified atom stereocenters. The molecule has 3 aromatic rings. The van der Waals surface area contributed by atoms with Crippen LogP contribution in [0.25, 0.3) is 10.2 Å². The summed E-state index contributed by atoms with van der Waals surface area (Å²) in [6.45, 7) is 0. The summed E-state index contributed by atoms with van der Waals surface area (Å²) in [5.41, 5.74) is 0.660. The number of rotatable bonds is 4. The van der Waals surface area contributed by atoms with Gasteiger partial charge in [-0.2, -0.15) is 0 Å². The third kappa shape index (κ3) is 2.74. The minimum absolute atomic E-state index is 0.0595. The van der Waals surface area contributed by atoms with Gasteiger partial charge in [0.15, 0.2) is 0 Å². The Morgan fingerprint density at radius 2 is 2.13 bits per heavy atom. The number of anilines is 1. The molecule has 23 heavy (non-hydrogen) atoms. The molecule has 6 heteroatoms. The summed E-state index contributed by atoms with van der Waals surface area (Å²) >= 11 is 1.69. The molecule has 1 aliphatic rings. The maximum absolute atomic E-state index is 12.9. The molecule has 0 atom stereocenters. The third-order valence-electron chi connectivity index (χ3n) is 4.60. The van der Waals surface area contributed by atoms with Gasteiger partial charge in [-0.3, -0.25) is 10.1 Å². The summed E-state index contributed by atoms with van der Waals surface area (Å²) in [6.07, 6.45) is 8.08. The fourth-order valence-electron chi connectivity index (χ4n) is 3.39. The van der Waals surface area contributed by atoms with Crippen LogP contribution in [-0.4, -0.2) is 20.9 Å². The van der Waals surface area contributed by atoms with Crippen LogP contribution in [0.3, 0.4) is 0 Å². The Balaban J connectivity index is 1.60. The van der Waals surface area contributed by atoms with Crippen molar-refractivity contribution in [3.63, 3.8) is 0 Å². The molecule has 1 fully saturated rings. The van der Waals surface area contributed by atoms with Crippen LogP contribution >= 0.6 is 11.3 Å². The predicted molar refractivity (Wildman–Crippen MR) is 91.4 cm³/mol. The number of para-hydroxylation sites is 1. The monoisotopic (exact) mass is 326 g/mol. The van der Waals surface area contributed by atoms with E-state index in [1.165, 1.54) is 4.70 Å². The summed E-state index contributed by atoms with van der Waals surface area (Å²) in [5.74, 6) is 0.579. The normalized spacial score (nSPS) is 16.7. The molecule has 118 valence electrons. The Kier molecular flexibility index (Phi) is 3.61. The van der Waals surface area contributed by atoms with Gasteiger partial charge in [0.05, 0.1) is 20.6 Å². The molecular weight excluding hydrogens is 308 g/mol. The van der Waals surface area contributed by atoms with Crippen LogP contribution in [0.5, 0.6) is 0 Å². The van der Waals surface area contributed by atoms with Crippen molar-refractivity contribution in [2.45, 2.75) is 32.1 Å². The standard InChI is InChI=1S/C17H18N4OS/c22-15(21-16-18-9-10-19-16)17(7-3-4-8-17)11-14-20-12-5-1-2-6-13(12)23-14/h1-2,5-6,9-10H,3-4,7-8,11H2,(H2,18,19,21,22). The van der Waals surface area contributed by atoms with Gasteiger partial charge in [0.2, 0.25) is 11.9 Å². The molecule has 2 N–H and O–H groups in total. The van der Waals surface area contributed by atoms with Crippen LogP contribution < -0.4 is 5.32 Å². The molecule has 1 aliphatic carbocycles. The van der Waals surface area contributed by atoms with Crippen molar-refractivity contribution in [1.82, 2.24) is 15.0 Å². The van der Waals surface area contributed by atoms with Crippen molar-refractivity contribution in [1.29, 1.82) is 0 Å². The van der Waals surface area contributed by atoms with Crippen LogP contribution in [0.1, 0.15) is 30.7 Å². The molecule has 1 saturated carbocycles. The second-order valence-corrected chi connectivity index (χ2v) is 7.25. The highest BCUT2D eigenvalue weighted by Crippen LogP contribution is 2.43. The van der Waals surface area contributed by atoms with E-state index in [0.29, 0.717) is 12.4 Å². The highest BCUT2D eigenvalue weighted by Gasteiger charge is 2.42. The smallest absolute Gasteiger partial charge is 0.233 e. The Morgan fingerprint density at radius 3 is 2.87 bits per heavy atom. The average Bonchev–Trinajstić information content (AvgIpc) is 3.27. The first-order chi connectivity index (χ1) is 11.3. The summed E-state index contributed by atoms with van der Waals surface area (Å²) in [7, 11) is 0. The van der Waals surface area contributed by atoms with Gasteiger partial charge in [-0.05, 0) is 25.0 Å². The van der Waals surface area contributed by atoms with Gasteiger partial charge in [0.25, 0.3) is 0 Å². The van der Waals surface area contributed by atoms with Crippen LogP contribution in [0.2, 0.25) is 0 Å². The number of hydrogen-bond acceptors (Lipinski definition) is 4. The van der Waals surface area contributed by atoms with Gasteiger partial charge >= 0.3 is 0 Å². The molecule has 1 amide bonds. The number of aromatic amines is 1. The number of imidazole rings is 1. The number of nitrogens with one attached hydrogen (secondary N) is 2. The molecule has 0 aliphatic heterocycles. The molecule has 5 nitrogen and oxygen atoms in total. The summed E-state index contributed by atoms with van der Waals surface area (Å²) < 4.78 is 1.18. The SMILES string of the molecule is O=C(Nc1ncc[nH]1)C1(Cc2nc3ccccc3s2)CCCC1. The lowest BCUT2D eigenvalue weighted by atomic mass is 9.82. The Labute approximate surface area is 138 Å². The van der Waals surface area contributed by atoms with E-state index in [1.807, 2.05) is 18.2 Å². The second-order valence-electron chi connectivity index (χ2n) is 6.13. The highest BCUT2D eigenvalue weighted by atomic mass is 32.1. The van der Waals surface area contributed by atoms with E-state index >= 15 is 0 Å². The van der Waals surface area contributed by atoms with Gasteiger partial charge < -0.3 is 4.98 Å². The fraction of sp³-hybridized carbons (Fsp3) is 0.353. The van der Waals surface area contributed by atoms with Crippen molar-refractivity contribution < 1.29 is 4.79 Å². The molecule has 2 heterocycles. The minimum atomic E-state index is -0.360. The Hall–Kier alpha value is -2.21. The van der Waals surface area contributed by atoms with Gasteiger partial charge in [-0.1, -0.05) is 25.0 Å². The maximum Gasteiger partial charge on any atom is 0.233 e. The zero-order chi connectivity index (χ0) is 15.7. The molecule has 0 bridgehead atoms. The first-order valence-electron chi connectivity index (χ1n) is 7.90. The lowest BCUT2D eigenvalue weighted by Crippen LogP contribution is -2.36. The molecule has 0 saturated heterocycles. The van der Waals surface area contributed by atoms with E-state index in [2.05, 4.69) is 21.4 Å². The number of fused-ring (bicyclic) bond motifs is 1. The number of carbonyl (C=O) groups excluding carboxylic acids is 1. The zero-order valence-corrected chi connectivity index (χ0v) is 13.5. The summed E-state index contributed by atoms with van der Waals surface area (Å²) in [6, 6.07) is 8.14. The Bertz CT molecular complexity index is 785. The van der Waals surface area contributed by atoms with Gasteiger partial charge in [-0.15, -0.1) is 11.3 Å². The van der Waals surface area contributed by atoms with Crippen molar-refractivity contribution in [3.05, 3.63) is 41.7 Å². The topological polar surface area (TPSA) is 70.7 Å². The number of benzene rings is 1. The van der Waals surface area contributed by atoms with E-state index in [-0.39, 0.29) is 11.3 Å². The van der Waals surface area contributed by atoms with Crippen LogP contribution in [0.4, 0.5) is 5.95 Å². The molecule has 0 radical (unpaired) electrons. The fourth-order valence-corrected chi connectivity index (χ4v) is 4.51. The van der Waals surface area contributed by atoms with Gasteiger partial charge in [0, 0.05) is 18.8 Å².